The number of hydrogen-bond acceptors (Lipinski definition) is 6. The SMILES string of the molecule is COc1ccc(C(=O)CCC(=O)c2ccc(OC)c(-c3ccc(Cl)cc3)n2)cc1OC. The second kappa shape index (κ2) is 10.1. The molecule has 0 saturated heterocycles. The molecule has 0 spiro atoms. The van der Waals surface area contributed by atoms with Crippen molar-refractivity contribution in [3.05, 3.63) is 70.9 Å². The van der Waals surface area contributed by atoms with Gasteiger partial charge in [-0.05, 0) is 42.5 Å². The van der Waals surface area contributed by atoms with Gasteiger partial charge in [-0.1, -0.05) is 23.7 Å². The summed E-state index contributed by atoms with van der Waals surface area (Å²) in [4.78, 5) is 29.8. The van der Waals surface area contributed by atoms with Crippen molar-refractivity contribution in [1.82, 2.24) is 4.98 Å². The summed E-state index contributed by atoms with van der Waals surface area (Å²) in [6, 6.07) is 15.3. The van der Waals surface area contributed by atoms with Crippen molar-refractivity contribution in [2.45, 2.75) is 12.8 Å². The normalized spacial score (nSPS) is 10.5. The molecule has 0 bridgehead atoms. The summed E-state index contributed by atoms with van der Waals surface area (Å²) in [5.41, 5.74) is 2.04. The van der Waals surface area contributed by atoms with Gasteiger partial charge in [-0.3, -0.25) is 9.59 Å². The van der Waals surface area contributed by atoms with Crippen LogP contribution in [0, 0.1) is 0 Å². The van der Waals surface area contributed by atoms with Gasteiger partial charge < -0.3 is 14.2 Å². The van der Waals surface area contributed by atoms with Crippen LogP contribution in [0.3, 0.4) is 0 Å². The van der Waals surface area contributed by atoms with Crippen LogP contribution in [0.5, 0.6) is 17.2 Å². The fraction of sp³-hybridized carbons (Fsp3) is 0.208. The molecule has 0 unspecified atom stereocenters. The number of methoxy groups -OCH3 is 3. The van der Waals surface area contributed by atoms with Crippen molar-refractivity contribution >= 4 is 23.2 Å². The first kappa shape index (κ1) is 22.3. The van der Waals surface area contributed by atoms with Crippen LogP contribution in [-0.4, -0.2) is 37.9 Å². The second-order valence-corrected chi connectivity index (χ2v) is 7.11. The van der Waals surface area contributed by atoms with Crippen molar-refractivity contribution in [3.63, 3.8) is 0 Å². The van der Waals surface area contributed by atoms with Gasteiger partial charge in [0.2, 0.25) is 0 Å². The third-order valence-corrected chi connectivity index (χ3v) is 5.02. The number of rotatable bonds is 9. The van der Waals surface area contributed by atoms with E-state index in [1.165, 1.54) is 14.2 Å². The maximum absolute atomic E-state index is 12.7. The number of carbonyl (C=O) groups excluding carboxylic acids is 2. The van der Waals surface area contributed by atoms with E-state index in [9.17, 15) is 9.59 Å². The van der Waals surface area contributed by atoms with E-state index in [2.05, 4.69) is 4.98 Å². The molecule has 0 saturated carbocycles. The van der Waals surface area contributed by atoms with E-state index in [0.717, 1.165) is 5.56 Å². The maximum Gasteiger partial charge on any atom is 0.181 e. The standard InChI is InChI=1S/C24H22ClNO5/c1-29-21-12-6-16(14-23(21)31-3)19(27)10-11-20(28)18-9-13-22(30-2)24(26-18)15-4-7-17(25)8-5-15/h4-9,12-14H,10-11H2,1-3H3. The zero-order valence-corrected chi connectivity index (χ0v) is 18.2. The van der Waals surface area contributed by atoms with Crippen LogP contribution < -0.4 is 14.2 Å². The number of pyridine rings is 1. The molecule has 0 aliphatic carbocycles. The van der Waals surface area contributed by atoms with Gasteiger partial charge in [-0.25, -0.2) is 4.98 Å². The summed E-state index contributed by atoms with van der Waals surface area (Å²) in [6.45, 7) is 0. The highest BCUT2D eigenvalue weighted by Gasteiger charge is 2.17. The molecule has 0 radical (unpaired) electrons. The maximum atomic E-state index is 12.7. The molecule has 0 fully saturated rings. The Morgan fingerprint density at radius 2 is 1.39 bits per heavy atom. The highest BCUT2D eigenvalue weighted by molar-refractivity contribution is 6.30. The Labute approximate surface area is 185 Å². The molecular weight excluding hydrogens is 418 g/mol. The van der Waals surface area contributed by atoms with Crippen LogP contribution >= 0.6 is 11.6 Å². The lowest BCUT2D eigenvalue weighted by Crippen LogP contribution is -2.08. The lowest BCUT2D eigenvalue weighted by Gasteiger charge is -2.10. The number of aromatic nitrogens is 1. The summed E-state index contributed by atoms with van der Waals surface area (Å²) in [7, 11) is 4.57. The first-order chi connectivity index (χ1) is 15.0. The Kier molecular flexibility index (Phi) is 7.26. The van der Waals surface area contributed by atoms with Gasteiger partial charge in [0.1, 0.15) is 17.1 Å². The molecule has 0 atom stereocenters. The number of carbonyl (C=O) groups is 2. The van der Waals surface area contributed by atoms with E-state index in [0.29, 0.717) is 33.5 Å². The van der Waals surface area contributed by atoms with Gasteiger partial charge >= 0.3 is 0 Å². The minimum atomic E-state index is -0.230. The van der Waals surface area contributed by atoms with Crippen LogP contribution in [0.4, 0.5) is 0 Å². The molecule has 1 heterocycles. The molecule has 160 valence electrons. The largest absolute Gasteiger partial charge is 0.494 e. The van der Waals surface area contributed by atoms with Crippen LogP contribution in [0.1, 0.15) is 33.7 Å². The molecular formula is C24H22ClNO5. The van der Waals surface area contributed by atoms with E-state index in [4.69, 9.17) is 25.8 Å². The highest BCUT2D eigenvalue weighted by atomic mass is 35.5. The fourth-order valence-corrected chi connectivity index (χ4v) is 3.22. The molecule has 1 aromatic heterocycles. The van der Waals surface area contributed by atoms with E-state index >= 15 is 0 Å². The minimum absolute atomic E-state index is 0.0343. The van der Waals surface area contributed by atoms with Gasteiger partial charge in [0, 0.05) is 29.0 Å². The Hall–Kier alpha value is -3.38. The summed E-state index contributed by atoms with van der Waals surface area (Å²) in [6.07, 6.45) is 0.0882. The molecule has 31 heavy (non-hydrogen) atoms. The van der Waals surface area contributed by atoms with Gasteiger partial charge in [-0.15, -0.1) is 0 Å². The van der Waals surface area contributed by atoms with Crippen LogP contribution in [0.25, 0.3) is 11.3 Å². The van der Waals surface area contributed by atoms with Crippen LogP contribution in [-0.2, 0) is 0 Å². The number of ether oxygens (including phenoxy) is 3. The smallest absolute Gasteiger partial charge is 0.181 e. The predicted octanol–water partition coefficient (Wildman–Crippen LogP) is 5.27. The molecule has 6 nitrogen and oxygen atoms in total. The monoisotopic (exact) mass is 439 g/mol. The number of ketones is 2. The van der Waals surface area contributed by atoms with E-state index in [-0.39, 0.29) is 30.1 Å². The van der Waals surface area contributed by atoms with Crippen molar-refractivity contribution in [2.75, 3.05) is 21.3 Å². The van der Waals surface area contributed by atoms with E-state index in [1.807, 2.05) is 12.1 Å². The second-order valence-electron chi connectivity index (χ2n) is 6.67. The minimum Gasteiger partial charge on any atom is -0.494 e. The molecule has 0 aliphatic rings. The molecule has 0 aliphatic heterocycles. The summed E-state index contributed by atoms with van der Waals surface area (Å²) < 4.78 is 15.8. The number of benzene rings is 2. The third kappa shape index (κ3) is 5.22. The molecule has 2 aromatic carbocycles. The lowest BCUT2D eigenvalue weighted by molar-refractivity contribution is 0.0915. The fourth-order valence-electron chi connectivity index (χ4n) is 3.09. The molecule has 7 heteroatoms. The topological polar surface area (TPSA) is 74.7 Å². The number of Topliss-reactive ketones (excluding diaryl/α,β-unsaturated/α-hetero) is 2. The van der Waals surface area contributed by atoms with Crippen molar-refractivity contribution < 1.29 is 23.8 Å². The van der Waals surface area contributed by atoms with Crippen LogP contribution in [0.15, 0.2) is 54.6 Å². The zero-order valence-electron chi connectivity index (χ0n) is 17.5. The first-order valence-corrected chi connectivity index (χ1v) is 9.94. The Balaban J connectivity index is 1.75. The molecule has 3 rings (SSSR count). The van der Waals surface area contributed by atoms with E-state index < -0.39 is 0 Å². The van der Waals surface area contributed by atoms with Crippen molar-refractivity contribution in [1.29, 1.82) is 0 Å². The Morgan fingerprint density at radius 1 is 0.774 bits per heavy atom. The summed E-state index contributed by atoms with van der Waals surface area (Å²) in [5.74, 6) is 1.14. The third-order valence-electron chi connectivity index (χ3n) is 4.77. The molecule has 0 amide bonds. The summed E-state index contributed by atoms with van der Waals surface area (Å²) >= 11 is 5.96. The van der Waals surface area contributed by atoms with Gasteiger partial charge in [0.05, 0.1) is 21.3 Å². The summed E-state index contributed by atoms with van der Waals surface area (Å²) in [5, 5.41) is 0.601. The van der Waals surface area contributed by atoms with Gasteiger partial charge in [-0.2, -0.15) is 0 Å². The predicted molar refractivity (Wildman–Crippen MR) is 119 cm³/mol. The van der Waals surface area contributed by atoms with Crippen LogP contribution in [0.2, 0.25) is 5.02 Å². The Bertz CT molecular complexity index is 1100. The number of halogens is 1. The average Bonchev–Trinajstić information content (AvgIpc) is 2.81. The van der Waals surface area contributed by atoms with E-state index in [1.54, 1.807) is 49.6 Å². The number of hydrogen-bond donors (Lipinski definition) is 0. The van der Waals surface area contributed by atoms with Crippen molar-refractivity contribution in [2.24, 2.45) is 0 Å². The first-order valence-electron chi connectivity index (χ1n) is 9.56. The highest BCUT2D eigenvalue weighted by Crippen LogP contribution is 2.30. The number of nitrogens with zero attached hydrogens (tertiary/aromatic N) is 1. The average molecular weight is 440 g/mol. The molecule has 0 N–H and O–H groups in total. The lowest BCUT2D eigenvalue weighted by atomic mass is 10.0. The van der Waals surface area contributed by atoms with Crippen molar-refractivity contribution in [3.8, 4) is 28.5 Å². The zero-order chi connectivity index (χ0) is 22.4. The van der Waals surface area contributed by atoms with Gasteiger partial charge in [0.25, 0.3) is 0 Å². The quantitative estimate of drug-likeness (QED) is 0.422. The Morgan fingerprint density at radius 3 is 2.03 bits per heavy atom. The molecule has 3 aromatic rings. The van der Waals surface area contributed by atoms with Gasteiger partial charge in [0.15, 0.2) is 23.1 Å².